The molecular formula is C14H19N3O3. The van der Waals surface area contributed by atoms with Gasteiger partial charge in [0.05, 0.1) is 16.6 Å². The SMILES string of the molecule is CCCC(CCO)CNc1ccc(C#N)cc1[N+](=O)[O-]. The highest BCUT2D eigenvalue weighted by molar-refractivity contribution is 5.64. The number of aliphatic hydroxyl groups excluding tert-OH is 1. The molecule has 1 atom stereocenters. The molecule has 0 aliphatic heterocycles. The van der Waals surface area contributed by atoms with Gasteiger partial charge in [0.1, 0.15) is 5.69 Å². The van der Waals surface area contributed by atoms with Crippen LogP contribution in [0.3, 0.4) is 0 Å². The van der Waals surface area contributed by atoms with Gasteiger partial charge in [-0.1, -0.05) is 13.3 Å². The minimum Gasteiger partial charge on any atom is -0.396 e. The molecule has 1 aromatic carbocycles. The van der Waals surface area contributed by atoms with Crippen molar-refractivity contribution in [3.63, 3.8) is 0 Å². The highest BCUT2D eigenvalue weighted by atomic mass is 16.6. The Kier molecular flexibility index (Phi) is 6.47. The zero-order valence-corrected chi connectivity index (χ0v) is 11.5. The second-order valence-corrected chi connectivity index (χ2v) is 4.65. The van der Waals surface area contributed by atoms with Crippen LogP contribution in [0.4, 0.5) is 11.4 Å². The van der Waals surface area contributed by atoms with Crippen molar-refractivity contribution in [3.05, 3.63) is 33.9 Å². The summed E-state index contributed by atoms with van der Waals surface area (Å²) in [7, 11) is 0. The molecule has 0 saturated heterocycles. The fourth-order valence-electron chi connectivity index (χ4n) is 2.10. The van der Waals surface area contributed by atoms with Crippen molar-refractivity contribution in [1.82, 2.24) is 0 Å². The molecule has 0 amide bonds. The third kappa shape index (κ3) is 4.52. The number of anilines is 1. The molecule has 0 radical (unpaired) electrons. The van der Waals surface area contributed by atoms with Gasteiger partial charge in [-0.2, -0.15) is 5.26 Å². The Balaban J connectivity index is 2.81. The highest BCUT2D eigenvalue weighted by Gasteiger charge is 2.16. The van der Waals surface area contributed by atoms with Crippen LogP contribution in [0.2, 0.25) is 0 Å². The summed E-state index contributed by atoms with van der Waals surface area (Å²) in [6.45, 7) is 2.75. The second-order valence-electron chi connectivity index (χ2n) is 4.65. The summed E-state index contributed by atoms with van der Waals surface area (Å²) in [5.41, 5.74) is 0.582. The van der Waals surface area contributed by atoms with Gasteiger partial charge in [0, 0.05) is 19.2 Å². The van der Waals surface area contributed by atoms with Crippen molar-refractivity contribution in [1.29, 1.82) is 5.26 Å². The van der Waals surface area contributed by atoms with Crippen LogP contribution in [0, 0.1) is 27.4 Å². The van der Waals surface area contributed by atoms with Crippen LogP contribution in [0.15, 0.2) is 18.2 Å². The maximum atomic E-state index is 11.0. The lowest BCUT2D eigenvalue weighted by molar-refractivity contribution is -0.384. The molecule has 0 aliphatic carbocycles. The van der Waals surface area contributed by atoms with E-state index in [-0.39, 0.29) is 23.8 Å². The molecule has 0 heterocycles. The molecule has 1 aromatic rings. The number of nitro groups is 1. The molecule has 1 unspecified atom stereocenters. The quantitative estimate of drug-likeness (QED) is 0.562. The fraction of sp³-hybridized carbons (Fsp3) is 0.500. The highest BCUT2D eigenvalue weighted by Crippen LogP contribution is 2.26. The Morgan fingerprint density at radius 2 is 2.25 bits per heavy atom. The topological polar surface area (TPSA) is 99.2 Å². The van der Waals surface area contributed by atoms with Crippen LogP contribution >= 0.6 is 0 Å². The van der Waals surface area contributed by atoms with Gasteiger partial charge in [0.25, 0.3) is 5.69 Å². The van der Waals surface area contributed by atoms with Crippen molar-refractivity contribution >= 4 is 11.4 Å². The summed E-state index contributed by atoms with van der Waals surface area (Å²) in [4.78, 5) is 10.5. The van der Waals surface area contributed by atoms with Gasteiger partial charge in [-0.25, -0.2) is 0 Å². The Labute approximate surface area is 118 Å². The van der Waals surface area contributed by atoms with E-state index in [4.69, 9.17) is 10.4 Å². The molecule has 0 saturated carbocycles. The Morgan fingerprint density at radius 1 is 1.50 bits per heavy atom. The van der Waals surface area contributed by atoms with Gasteiger partial charge in [0.15, 0.2) is 0 Å². The second kappa shape index (κ2) is 8.12. The Morgan fingerprint density at radius 3 is 2.80 bits per heavy atom. The number of hydrogen-bond donors (Lipinski definition) is 2. The maximum absolute atomic E-state index is 11.0. The average Bonchev–Trinajstić information content (AvgIpc) is 2.45. The number of nitriles is 1. The normalized spacial score (nSPS) is 11.7. The smallest absolute Gasteiger partial charge is 0.293 e. The van der Waals surface area contributed by atoms with Crippen LogP contribution in [-0.2, 0) is 0 Å². The predicted molar refractivity (Wildman–Crippen MR) is 76.4 cm³/mol. The summed E-state index contributed by atoms with van der Waals surface area (Å²) in [5, 5.41) is 31.8. The fourth-order valence-corrected chi connectivity index (χ4v) is 2.10. The molecule has 0 aliphatic rings. The number of rotatable bonds is 8. The van der Waals surface area contributed by atoms with Crippen molar-refractivity contribution in [2.75, 3.05) is 18.5 Å². The van der Waals surface area contributed by atoms with Crippen LogP contribution in [-0.4, -0.2) is 23.2 Å². The number of nitrogens with one attached hydrogen (secondary N) is 1. The van der Waals surface area contributed by atoms with Gasteiger partial charge in [-0.3, -0.25) is 10.1 Å². The van der Waals surface area contributed by atoms with Gasteiger partial charge in [-0.05, 0) is 30.9 Å². The molecule has 20 heavy (non-hydrogen) atoms. The molecule has 0 aromatic heterocycles. The lowest BCUT2D eigenvalue weighted by Crippen LogP contribution is -2.16. The van der Waals surface area contributed by atoms with Gasteiger partial charge >= 0.3 is 0 Å². The Bertz CT molecular complexity index is 491. The first-order valence-electron chi connectivity index (χ1n) is 6.65. The molecule has 0 bridgehead atoms. The van der Waals surface area contributed by atoms with Crippen LogP contribution in [0.25, 0.3) is 0 Å². The summed E-state index contributed by atoms with van der Waals surface area (Å²) >= 11 is 0. The first-order valence-corrected chi connectivity index (χ1v) is 6.65. The van der Waals surface area contributed by atoms with E-state index in [1.54, 1.807) is 12.1 Å². The van der Waals surface area contributed by atoms with Crippen molar-refractivity contribution in [3.8, 4) is 6.07 Å². The summed E-state index contributed by atoms with van der Waals surface area (Å²) in [5.74, 6) is 0.278. The number of aliphatic hydroxyl groups is 1. The standard InChI is InChI=1S/C14H19N3O3/c1-2-3-11(6-7-18)10-16-13-5-4-12(9-15)8-14(13)17(19)20/h4-5,8,11,16,18H,2-3,6-7,10H2,1H3. The minimum absolute atomic E-state index is 0.0942. The monoisotopic (exact) mass is 277 g/mol. The molecule has 6 nitrogen and oxygen atoms in total. The lowest BCUT2D eigenvalue weighted by atomic mass is 10.00. The zero-order chi connectivity index (χ0) is 15.0. The van der Waals surface area contributed by atoms with E-state index < -0.39 is 4.92 Å². The molecule has 6 heteroatoms. The lowest BCUT2D eigenvalue weighted by Gasteiger charge is -2.16. The van der Waals surface area contributed by atoms with E-state index in [9.17, 15) is 10.1 Å². The average molecular weight is 277 g/mol. The largest absolute Gasteiger partial charge is 0.396 e. The van der Waals surface area contributed by atoms with Gasteiger partial charge in [-0.15, -0.1) is 0 Å². The van der Waals surface area contributed by atoms with Gasteiger partial charge < -0.3 is 10.4 Å². The molecule has 2 N–H and O–H groups in total. The summed E-state index contributed by atoms with van der Waals surface area (Å²) in [6.07, 6.45) is 2.63. The van der Waals surface area contributed by atoms with E-state index in [1.807, 2.05) is 6.07 Å². The first kappa shape index (κ1) is 15.9. The van der Waals surface area contributed by atoms with Crippen molar-refractivity contribution in [2.45, 2.75) is 26.2 Å². The first-order chi connectivity index (χ1) is 9.62. The van der Waals surface area contributed by atoms with Crippen LogP contribution in [0.5, 0.6) is 0 Å². The van der Waals surface area contributed by atoms with Crippen LogP contribution in [0.1, 0.15) is 31.7 Å². The van der Waals surface area contributed by atoms with E-state index in [0.29, 0.717) is 18.7 Å². The van der Waals surface area contributed by atoms with Crippen LogP contribution < -0.4 is 5.32 Å². The minimum atomic E-state index is -0.496. The number of hydrogen-bond acceptors (Lipinski definition) is 5. The number of nitro benzene ring substituents is 1. The zero-order valence-electron chi connectivity index (χ0n) is 11.5. The molecular weight excluding hydrogens is 258 g/mol. The van der Waals surface area contributed by atoms with E-state index in [0.717, 1.165) is 12.8 Å². The van der Waals surface area contributed by atoms with E-state index in [2.05, 4.69) is 12.2 Å². The molecule has 0 fully saturated rings. The third-order valence-corrected chi connectivity index (χ3v) is 3.14. The van der Waals surface area contributed by atoms with Gasteiger partial charge in [0.2, 0.25) is 0 Å². The van der Waals surface area contributed by atoms with Crippen molar-refractivity contribution in [2.24, 2.45) is 5.92 Å². The van der Waals surface area contributed by atoms with Crippen molar-refractivity contribution < 1.29 is 10.0 Å². The Hall–Kier alpha value is -2.13. The number of benzene rings is 1. The molecule has 1 rings (SSSR count). The summed E-state index contributed by atoms with van der Waals surface area (Å²) in [6, 6.07) is 6.26. The van der Waals surface area contributed by atoms with E-state index in [1.165, 1.54) is 6.07 Å². The molecule has 108 valence electrons. The molecule has 0 spiro atoms. The number of nitrogens with zero attached hydrogens (tertiary/aromatic N) is 2. The predicted octanol–water partition coefficient (Wildman–Crippen LogP) is 2.68. The van der Waals surface area contributed by atoms with E-state index >= 15 is 0 Å². The maximum Gasteiger partial charge on any atom is 0.293 e. The third-order valence-electron chi connectivity index (χ3n) is 3.14. The summed E-state index contributed by atoms with van der Waals surface area (Å²) < 4.78 is 0.